The van der Waals surface area contributed by atoms with Crippen molar-refractivity contribution in [1.29, 1.82) is 0 Å². The number of fused-ring (bicyclic) bond motifs is 1. The molecule has 0 aliphatic carbocycles. The average molecular weight is 229 g/mol. The molecular weight excluding hydrogens is 214 g/mol. The van der Waals surface area contributed by atoms with Gasteiger partial charge in [-0.25, -0.2) is 0 Å². The van der Waals surface area contributed by atoms with Crippen LogP contribution in [0.2, 0.25) is 0 Å². The highest BCUT2D eigenvalue weighted by Gasteiger charge is 2.17. The van der Waals surface area contributed by atoms with Crippen LogP contribution in [0.3, 0.4) is 0 Å². The average Bonchev–Trinajstić information content (AvgIpc) is 2.87. The smallest absolute Gasteiger partial charge is 0.258 e. The molecule has 0 fully saturated rings. The molecule has 88 valence electrons. The second-order valence-corrected chi connectivity index (χ2v) is 4.23. The molecular formula is C13H15N3O. The van der Waals surface area contributed by atoms with E-state index in [-0.39, 0.29) is 0 Å². The van der Waals surface area contributed by atoms with Crippen molar-refractivity contribution in [2.24, 2.45) is 0 Å². The highest BCUT2D eigenvalue weighted by Crippen LogP contribution is 2.31. The van der Waals surface area contributed by atoms with E-state index in [0.29, 0.717) is 5.89 Å². The van der Waals surface area contributed by atoms with E-state index >= 15 is 0 Å². The zero-order valence-corrected chi connectivity index (χ0v) is 9.86. The van der Waals surface area contributed by atoms with Crippen LogP contribution in [0, 0.1) is 0 Å². The van der Waals surface area contributed by atoms with E-state index < -0.39 is 0 Å². The molecule has 3 rings (SSSR count). The highest BCUT2D eigenvalue weighted by atomic mass is 16.5. The minimum atomic E-state index is 0.641. The third kappa shape index (κ3) is 1.79. The first-order valence-electron chi connectivity index (χ1n) is 6.07. The van der Waals surface area contributed by atoms with Gasteiger partial charge in [0, 0.05) is 24.2 Å². The summed E-state index contributed by atoms with van der Waals surface area (Å²) < 4.78 is 5.32. The Morgan fingerprint density at radius 2 is 2.35 bits per heavy atom. The minimum absolute atomic E-state index is 0.641. The first-order valence-corrected chi connectivity index (χ1v) is 6.07. The Kier molecular flexibility index (Phi) is 2.55. The van der Waals surface area contributed by atoms with Gasteiger partial charge in [-0.1, -0.05) is 18.1 Å². The number of nitrogens with one attached hydrogen (secondary N) is 1. The van der Waals surface area contributed by atoms with Gasteiger partial charge >= 0.3 is 0 Å². The molecule has 0 bridgehead atoms. The van der Waals surface area contributed by atoms with Gasteiger partial charge in [0.25, 0.3) is 5.89 Å². The topological polar surface area (TPSA) is 51.0 Å². The number of aryl methyl sites for hydroxylation is 1. The molecule has 0 unspecified atom stereocenters. The van der Waals surface area contributed by atoms with Crippen molar-refractivity contribution < 1.29 is 4.52 Å². The Morgan fingerprint density at radius 3 is 3.18 bits per heavy atom. The predicted octanol–water partition coefficient (Wildman–Crippen LogP) is 2.66. The largest absolute Gasteiger partial charge is 0.385 e. The van der Waals surface area contributed by atoms with Crippen molar-refractivity contribution in [2.45, 2.75) is 26.2 Å². The fourth-order valence-electron chi connectivity index (χ4n) is 2.22. The van der Waals surface area contributed by atoms with Crippen molar-refractivity contribution in [3.05, 3.63) is 29.6 Å². The second kappa shape index (κ2) is 4.20. The molecule has 1 N–H and O–H groups in total. The summed E-state index contributed by atoms with van der Waals surface area (Å²) in [7, 11) is 0. The molecule has 1 aliphatic heterocycles. The van der Waals surface area contributed by atoms with Crippen molar-refractivity contribution in [1.82, 2.24) is 10.1 Å². The van der Waals surface area contributed by atoms with Crippen molar-refractivity contribution in [3.8, 4) is 11.5 Å². The van der Waals surface area contributed by atoms with E-state index in [2.05, 4.69) is 27.6 Å². The monoisotopic (exact) mass is 229 g/mol. The summed E-state index contributed by atoms with van der Waals surface area (Å²) in [6, 6.07) is 6.19. The quantitative estimate of drug-likeness (QED) is 0.860. The summed E-state index contributed by atoms with van der Waals surface area (Å²) in [5, 5.41) is 7.36. The zero-order valence-electron chi connectivity index (χ0n) is 9.86. The molecule has 4 nitrogen and oxygen atoms in total. The van der Waals surface area contributed by atoms with Crippen LogP contribution in [-0.2, 0) is 12.8 Å². The lowest BCUT2D eigenvalue weighted by Crippen LogP contribution is -2.12. The van der Waals surface area contributed by atoms with Gasteiger partial charge in [-0.2, -0.15) is 4.98 Å². The first kappa shape index (κ1) is 10.3. The van der Waals surface area contributed by atoms with Gasteiger partial charge in [0.05, 0.1) is 0 Å². The van der Waals surface area contributed by atoms with Crippen LogP contribution in [0.5, 0.6) is 0 Å². The number of benzene rings is 1. The molecule has 1 aromatic carbocycles. The molecule has 0 saturated heterocycles. The van der Waals surface area contributed by atoms with E-state index in [1.54, 1.807) is 0 Å². The molecule has 2 heterocycles. The van der Waals surface area contributed by atoms with E-state index in [4.69, 9.17) is 4.52 Å². The maximum Gasteiger partial charge on any atom is 0.258 e. The van der Waals surface area contributed by atoms with Crippen molar-refractivity contribution in [2.75, 3.05) is 11.9 Å². The van der Waals surface area contributed by atoms with E-state index in [0.717, 1.165) is 37.2 Å². The molecule has 4 heteroatoms. The lowest BCUT2D eigenvalue weighted by molar-refractivity contribution is 0.423. The first-order chi connectivity index (χ1) is 8.38. The molecule has 0 saturated carbocycles. The SMILES string of the molecule is CCc1noc(-c2cccc3c2CCCN3)n1. The summed E-state index contributed by atoms with van der Waals surface area (Å²) in [5.41, 5.74) is 3.57. The normalized spacial score (nSPS) is 14.2. The zero-order chi connectivity index (χ0) is 11.7. The molecule has 0 spiro atoms. The van der Waals surface area contributed by atoms with E-state index in [9.17, 15) is 0 Å². The Labute approximate surface area is 100 Å². The number of hydrogen-bond donors (Lipinski definition) is 1. The lowest BCUT2D eigenvalue weighted by atomic mass is 9.97. The van der Waals surface area contributed by atoms with Crippen LogP contribution < -0.4 is 5.32 Å². The standard InChI is InChI=1S/C13H15N3O/c1-2-12-15-13(17-16-12)10-5-3-7-11-9(10)6-4-8-14-11/h3,5,7,14H,2,4,6,8H2,1H3. The molecule has 17 heavy (non-hydrogen) atoms. The van der Waals surface area contributed by atoms with Crippen LogP contribution in [0.1, 0.15) is 24.7 Å². The minimum Gasteiger partial charge on any atom is -0.385 e. The summed E-state index contributed by atoms with van der Waals surface area (Å²) >= 11 is 0. The van der Waals surface area contributed by atoms with Gasteiger partial charge in [-0.15, -0.1) is 0 Å². The lowest BCUT2D eigenvalue weighted by Gasteiger charge is -2.19. The van der Waals surface area contributed by atoms with E-state index in [1.165, 1.54) is 11.3 Å². The van der Waals surface area contributed by atoms with Gasteiger partial charge in [0.15, 0.2) is 5.82 Å². The fraction of sp³-hybridized carbons (Fsp3) is 0.385. The van der Waals surface area contributed by atoms with Crippen LogP contribution in [0.15, 0.2) is 22.7 Å². The molecule has 0 amide bonds. The van der Waals surface area contributed by atoms with Crippen LogP contribution in [0.25, 0.3) is 11.5 Å². The summed E-state index contributed by atoms with van der Waals surface area (Å²) in [6.45, 7) is 3.07. The number of hydrogen-bond acceptors (Lipinski definition) is 4. The molecule has 0 radical (unpaired) electrons. The molecule has 1 aromatic heterocycles. The van der Waals surface area contributed by atoms with Crippen LogP contribution in [-0.4, -0.2) is 16.7 Å². The predicted molar refractivity (Wildman–Crippen MR) is 65.9 cm³/mol. The Balaban J connectivity index is 2.07. The van der Waals surface area contributed by atoms with Gasteiger partial charge < -0.3 is 9.84 Å². The maximum absolute atomic E-state index is 5.32. The van der Waals surface area contributed by atoms with Crippen LogP contribution >= 0.6 is 0 Å². The van der Waals surface area contributed by atoms with Gasteiger partial charge in [-0.05, 0) is 30.5 Å². The maximum atomic E-state index is 5.32. The number of rotatable bonds is 2. The Hall–Kier alpha value is -1.84. The molecule has 0 atom stereocenters. The second-order valence-electron chi connectivity index (χ2n) is 4.23. The van der Waals surface area contributed by atoms with Gasteiger partial charge in [0.1, 0.15) is 0 Å². The molecule has 2 aromatic rings. The third-order valence-electron chi connectivity index (χ3n) is 3.11. The third-order valence-corrected chi connectivity index (χ3v) is 3.11. The summed E-state index contributed by atoms with van der Waals surface area (Å²) in [5.74, 6) is 1.41. The summed E-state index contributed by atoms with van der Waals surface area (Å²) in [4.78, 5) is 4.40. The Morgan fingerprint density at radius 1 is 1.41 bits per heavy atom. The van der Waals surface area contributed by atoms with Gasteiger partial charge in [0.2, 0.25) is 0 Å². The summed E-state index contributed by atoms with van der Waals surface area (Å²) in [6.07, 6.45) is 3.03. The van der Waals surface area contributed by atoms with Crippen molar-refractivity contribution in [3.63, 3.8) is 0 Å². The Bertz CT molecular complexity index is 533. The highest BCUT2D eigenvalue weighted by molar-refractivity contribution is 5.69. The number of anilines is 1. The van der Waals surface area contributed by atoms with E-state index in [1.807, 2.05) is 13.0 Å². The van der Waals surface area contributed by atoms with Gasteiger partial charge in [-0.3, -0.25) is 0 Å². The van der Waals surface area contributed by atoms with Crippen LogP contribution in [0.4, 0.5) is 5.69 Å². The number of nitrogens with zero attached hydrogens (tertiary/aromatic N) is 2. The van der Waals surface area contributed by atoms with Crippen molar-refractivity contribution >= 4 is 5.69 Å². The fourth-order valence-corrected chi connectivity index (χ4v) is 2.22. The number of aromatic nitrogens is 2. The molecule has 1 aliphatic rings.